The normalized spacial score (nSPS) is 14.0. The number of nitrogens with zero attached hydrogens (tertiary/aromatic N) is 2. The van der Waals surface area contributed by atoms with E-state index in [2.05, 4.69) is 27.9 Å². The number of benzene rings is 1. The topological polar surface area (TPSA) is 63.8 Å². The van der Waals surface area contributed by atoms with Crippen LogP contribution in [0.25, 0.3) is 10.2 Å². The van der Waals surface area contributed by atoms with Crippen LogP contribution in [0.4, 0.5) is 17.2 Å². The van der Waals surface area contributed by atoms with E-state index in [0.717, 1.165) is 27.7 Å². The zero-order valence-corrected chi connectivity index (χ0v) is 13.7. The minimum atomic E-state index is 0.676. The second-order valence-corrected chi connectivity index (χ2v) is 7.08. The van der Waals surface area contributed by atoms with E-state index in [0.29, 0.717) is 5.69 Å². The summed E-state index contributed by atoms with van der Waals surface area (Å²) in [5.41, 5.74) is 8.86. The Labute approximate surface area is 138 Å². The predicted octanol–water partition coefficient (Wildman–Crippen LogP) is 4.18. The summed E-state index contributed by atoms with van der Waals surface area (Å²) in [4.78, 5) is 12.2. The van der Waals surface area contributed by atoms with Gasteiger partial charge in [-0.2, -0.15) is 0 Å². The molecule has 2 heterocycles. The summed E-state index contributed by atoms with van der Waals surface area (Å²) in [6.07, 6.45) is 6.44. The Kier molecular flexibility index (Phi) is 3.43. The van der Waals surface area contributed by atoms with E-state index < -0.39 is 0 Å². The lowest BCUT2D eigenvalue weighted by molar-refractivity contribution is 0.700. The number of aryl methyl sites for hydroxylation is 2. The molecule has 0 saturated heterocycles. The highest BCUT2D eigenvalue weighted by Gasteiger charge is 2.19. The van der Waals surface area contributed by atoms with Crippen molar-refractivity contribution in [2.24, 2.45) is 0 Å². The van der Waals surface area contributed by atoms with Gasteiger partial charge >= 0.3 is 0 Å². The molecule has 112 valence electrons. The van der Waals surface area contributed by atoms with Gasteiger partial charge in [-0.1, -0.05) is 0 Å². The van der Waals surface area contributed by atoms with Crippen LogP contribution in [-0.4, -0.2) is 9.97 Å². The molecule has 0 bridgehead atoms. The number of fused-ring (bicyclic) bond motifs is 3. The molecule has 3 N–H and O–H groups in total. The van der Waals surface area contributed by atoms with Gasteiger partial charge in [-0.05, 0) is 49.4 Å². The average Bonchev–Trinajstić information content (AvgIpc) is 2.90. The second-order valence-electron chi connectivity index (χ2n) is 5.51. The van der Waals surface area contributed by atoms with Crippen LogP contribution in [0.5, 0.6) is 0 Å². The van der Waals surface area contributed by atoms with Crippen LogP contribution >= 0.6 is 24.0 Å². The minimum Gasteiger partial charge on any atom is -0.398 e. The lowest BCUT2D eigenvalue weighted by Gasteiger charge is -2.13. The zero-order valence-electron chi connectivity index (χ0n) is 12.0. The van der Waals surface area contributed by atoms with Crippen molar-refractivity contribution in [2.45, 2.75) is 30.6 Å². The van der Waals surface area contributed by atoms with E-state index in [9.17, 15) is 0 Å². The lowest BCUT2D eigenvalue weighted by atomic mass is 9.97. The van der Waals surface area contributed by atoms with Gasteiger partial charge in [0, 0.05) is 21.1 Å². The molecule has 0 amide bonds. The number of hydrogen-bond donors (Lipinski definition) is 3. The minimum absolute atomic E-state index is 0.676. The highest BCUT2D eigenvalue weighted by Crippen LogP contribution is 2.39. The third kappa shape index (κ3) is 2.32. The molecular weight excluding hydrogens is 312 g/mol. The van der Waals surface area contributed by atoms with Crippen LogP contribution in [0.1, 0.15) is 23.3 Å². The summed E-state index contributed by atoms with van der Waals surface area (Å²) in [7, 11) is 0. The van der Waals surface area contributed by atoms with Crippen molar-refractivity contribution in [2.75, 3.05) is 11.1 Å². The highest BCUT2D eigenvalue weighted by molar-refractivity contribution is 7.80. The second kappa shape index (κ2) is 5.44. The fraction of sp³-hybridized carbons (Fsp3) is 0.250. The van der Waals surface area contributed by atoms with Crippen molar-refractivity contribution in [1.29, 1.82) is 0 Å². The van der Waals surface area contributed by atoms with Gasteiger partial charge in [0.15, 0.2) is 0 Å². The van der Waals surface area contributed by atoms with Gasteiger partial charge in [0.25, 0.3) is 0 Å². The third-order valence-electron chi connectivity index (χ3n) is 4.04. The molecule has 0 radical (unpaired) electrons. The Morgan fingerprint density at radius 2 is 2.05 bits per heavy atom. The van der Waals surface area contributed by atoms with Crippen LogP contribution in [0.2, 0.25) is 0 Å². The van der Waals surface area contributed by atoms with E-state index in [4.69, 9.17) is 5.73 Å². The molecule has 0 saturated carbocycles. The molecule has 0 aliphatic heterocycles. The van der Waals surface area contributed by atoms with Crippen molar-refractivity contribution >= 4 is 51.4 Å². The van der Waals surface area contributed by atoms with Crippen molar-refractivity contribution in [3.05, 3.63) is 35.0 Å². The first-order chi connectivity index (χ1) is 10.7. The molecule has 0 atom stereocenters. The van der Waals surface area contributed by atoms with Gasteiger partial charge in [0.05, 0.1) is 5.39 Å². The quantitative estimate of drug-likeness (QED) is 0.488. The van der Waals surface area contributed by atoms with Crippen LogP contribution < -0.4 is 11.1 Å². The first-order valence-corrected chi connectivity index (χ1v) is 8.59. The van der Waals surface area contributed by atoms with Crippen molar-refractivity contribution in [3.63, 3.8) is 0 Å². The monoisotopic (exact) mass is 328 g/mol. The number of rotatable bonds is 2. The molecule has 1 aliphatic rings. The summed E-state index contributed by atoms with van der Waals surface area (Å²) >= 11 is 6.18. The molecule has 3 aromatic rings. The Balaban J connectivity index is 1.81. The van der Waals surface area contributed by atoms with Crippen LogP contribution in [-0.2, 0) is 12.8 Å². The van der Waals surface area contributed by atoms with Crippen molar-refractivity contribution < 1.29 is 0 Å². The van der Waals surface area contributed by atoms with E-state index in [-0.39, 0.29) is 0 Å². The number of nitrogens with two attached hydrogens (primary N) is 1. The smallest absolute Gasteiger partial charge is 0.142 e. The zero-order chi connectivity index (χ0) is 15.1. The van der Waals surface area contributed by atoms with E-state index in [1.807, 2.05) is 18.2 Å². The maximum atomic E-state index is 5.82. The molecule has 0 fully saturated rings. The maximum Gasteiger partial charge on any atom is 0.142 e. The summed E-state index contributed by atoms with van der Waals surface area (Å²) in [6.45, 7) is 0. The van der Waals surface area contributed by atoms with Crippen LogP contribution in [0, 0.1) is 0 Å². The van der Waals surface area contributed by atoms with Crippen molar-refractivity contribution in [3.8, 4) is 0 Å². The van der Waals surface area contributed by atoms with E-state index in [1.165, 1.54) is 35.1 Å². The van der Waals surface area contributed by atoms with Gasteiger partial charge in [-0.25, -0.2) is 9.97 Å². The predicted molar refractivity (Wildman–Crippen MR) is 95.4 cm³/mol. The molecule has 4 rings (SSSR count). The molecule has 22 heavy (non-hydrogen) atoms. The highest BCUT2D eigenvalue weighted by atomic mass is 32.1. The standard InChI is InChI=1S/C16H16N4S2/c17-11-6-5-9(7-12(11)21)20-15-14-10-3-1-2-4-13(10)22-16(14)19-8-18-15/h5-8,21H,1-4,17H2,(H,18,19,20). The number of hydrogen-bond acceptors (Lipinski definition) is 6. The van der Waals surface area contributed by atoms with E-state index in [1.54, 1.807) is 17.7 Å². The molecule has 0 unspecified atom stereocenters. The summed E-state index contributed by atoms with van der Waals surface area (Å²) < 4.78 is 0. The summed E-state index contributed by atoms with van der Waals surface area (Å²) in [5, 5.41) is 4.58. The average molecular weight is 328 g/mol. The summed E-state index contributed by atoms with van der Waals surface area (Å²) in [5.74, 6) is 0.877. The van der Waals surface area contributed by atoms with Gasteiger partial charge in [0.2, 0.25) is 0 Å². The van der Waals surface area contributed by atoms with E-state index >= 15 is 0 Å². The Morgan fingerprint density at radius 1 is 1.18 bits per heavy atom. The van der Waals surface area contributed by atoms with Gasteiger partial charge < -0.3 is 11.1 Å². The number of thiol groups is 1. The van der Waals surface area contributed by atoms with Crippen molar-refractivity contribution in [1.82, 2.24) is 9.97 Å². The maximum absolute atomic E-state index is 5.82. The Hall–Kier alpha value is -1.79. The molecule has 4 nitrogen and oxygen atoms in total. The molecule has 0 spiro atoms. The number of thiophene rings is 1. The van der Waals surface area contributed by atoms with Gasteiger partial charge in [-0.15, -0.1) is 24.0 Å². The molecule has 1 aliphatic carbocycles. The van der Waals surface area contributed by atoms with Crippen LogP contribution in [0.15, 0.2) is 29.4 Å². The number of nitrogens with one attached hydrogen (secondary N) is 1. The number of aromatic nitrogens is 2. The molecule has 6 heteroatoms. The van der Waals surface area contributed by atoms with Gasteiger partial charge in [-0.3, -0.25) is 0 Å². The third-order valence-corrected chi connectivity index (χ3v) is 5.63. The number of nitrogen functional groups attached to an aromatic ring is 1. The molecule has 1 aromatic carbocycles. The Bertz CT molecular complexity index is 857. The largest absolute Gasteiger partial charge is 0.398 e. The fourth-order valence-corrected chi connectivity index (χ4v) is 4.39. The number of anilines is 3. The Morgan fingerprint density at radius 3 is 2.91 bits per heavy atom. The SMILES string of the molecule is Nc1ccc(Nc2ncnc3sc4c(c23)CCCC4)cc1S. The van der Waals surface area contributed by atoms with Crippen LogP contribution in [0.3, 0.4) is 0 Å². The first-order valence-electron chi connectivity index (χ1n) is 7.33. The fourth-order valence-electron chi connectivity index (χ4n) is 2.94. The first kappa shape index (κ1) is 13.8. The molecule has 2 aromatic heterocycles. The summed E-state index contributed by atoms with van der Waals surface area (Å²) in [6, 6.07) is 5.72. The lowest BCUT2D eigenvalue weighted by Crippen LogP contribution is -2.01. The van der Waals surface area contributed by atoms with Gasteiger partial charge in [0.1, 0.15) is 17.0 Å². The molecular formula is C16H16N4S2.